The van der Waals surface area contributed by atoms with Crippen LogP contribution in [-0.2, 0) is 16.1 Å². The topological polar surface area (TPSA) is 29.5 Å². The van der Waals surface area contributed by atoms with Crippen molar-refractivity contribution in [1.82, 2.24) is 4.90 Å². The number of rotatable bonds is 5. The van der Waals surface area contributed by atoms with E-state index in [1.54, 1.807) is 0 Å². The van der Waals surface area contributed by atoms with Crippen LogP contribution in [0.25, 0.3) is 0 Å². The molecule has 1 aromatic rings. The van der Waals surface area contributed by atoms with Gasteiger partial charge in [0, 0.05) is 31.7 Å². The molecule has 0 aromatic heterocycles. The van der Waals surface area contributed by atoms with E-state index in [-0.39, 0.29) is 12.0 Å². The fraction of sp³-hybridized carbons (Fsp3) is 0.588. The summed E-state index contributed by atoms with van der Waals surface area (Å²) >= 11 is 0. The molecule has 0 spiro atoms. The number of amides is 1. The van der Waals surface area contributed by atoms with Crippen molar-refractivity contribution in [2.45, 2.75) is 45.7 Å². The van der Waals surface area contributed by atoms with Crippen molar-refractivity contribution >= 4 is 5.91 Å². The van der Waals surface area contributed by atoms with E-state index in [9.17, 15) is 4.79 Å². The maximum Gasteiger partial charge on any atom is 0.226 e. The van der Waals surface area contributed by atoms with E-state index in [1.165, 1.54) is 5.56 Å². The molecule has 0 unspecified atom stereocenters. The van der Waals surface area contributed by atoms with Gasteiger partial charge in [0.25, 0.3) is 0 Å². The highest BCUT2D eigenvalue weighted by Gasteiger charge is 2.28. The SMILES string of the molecule is CC[C@H](C)N(Cc1ccccc1)C(=O)C1CCOCC1. The summed E-state index contributed by atoms with van der Waals surface area (Å²) in [5.41, 5.74) is 1.20. The van der Waals surface area contributed by atoms with Crippen LogP contribution in [-0.4, -0.2) is 30.1 Å². The lowest BCUT2D eigenvalue weighted by Crippen LogP contribution is -2.43. The number of hydrogen-bond acceptors (Lipinski definition) is 2. The van der Waals surface area contributed by atoms with Gasteiger partial charge in [-0.25, -0.2) is 0 Å². The summed E-state index contributed by atoms with van der Waals surface area (Å²) in [5, 5.41) is 0. The van der Waals surface area contributed by atoms with Crippen molar-refractivity contribution in [2.75, 3.05) is 13.2 Å². The summed E-state index contributed by atoms with van der Waals surface area (Å²) in [6.45, 7) is 6.43. The molecule has 0 N–H and O–H groups in total. The summed E-state index contributed by atoms with van der Waals surface area (Å²) in [5.74, 6) is 0.438. The summed E-state index contributed by atoms with van der Waals surface area (Å²) in [6, 6.07) is 10.5. The Morgan fingerprint density at radius 2 is 1.95 bits per heavy atom. The molecule has 0 radical (unpaired) electrons. The summed E-state index contributed by atoms with van der Waals surface area (Å²) in [6.07, 6.45) is 2.71. The van der Waals surface area contributed by atoms with Gasteiger partial charge in [-0.1, -0.05) is 37.3 Å². The molecule has 3 nitrogen and oxygen atoms in total. The molecule has 0 bridgehead atoms. The van der Waals surface area contributed by atoms with E-state index in [4.69, 9.17) is 4.74 Å². The number of carbonyl (C=O) groups excluding carboxylic acids is 1. The molecule has 2 rings (SSSR count). The molecule has 1 atom stereocenters. The Morgan fingerprint density at radius 3 is 2.55 bits per heavy atom. The smallest absolute Gasteiger partial charge is 0.226 e. The minimum Gasteiger partial charge on any atom is -0.381 e. The quantitative estimate of drug-likeness (QED) is 0.825. The molecule has 1 aliphatic rings. The fourth-order valence-electron chi connectivity index (χ4n) is 2.63. The molecule has 1 fully saturated rings. The van der Waals surface area contributed by atoms with Crippen LogP contribution >= 0.6 is 0 Å². The third kappa shape index (κ3) is 3.83. The van der Waals surface area contributed by atoms with Gasteiger partial charge in [-0.2, -0.15) is 0 Å². The monoisotopic (exact) mass is 275 g/mol. The standard InChI is InChI=1S/C17H25NO2/c1-3-14(2)18(13-15-7-5-4-6-8-15)17(19)16-9-11-20-12-10-16/h4-8,14,16H,3,9-13H2,1-2H3/t14-/m0/s1. The van der Waals surface area contributed by atoms with Gasteiger partial charge in [-0.05, 0) is 31.7 Å². The minimum atomic E-state index is 0.140. The summed E-state index contributed by atoms with van der Waals surface area (Å²) < 4.78 is 5.36. The Kier molecular flexibility index (Phi) is 5.60. The predicted molar refractivity (Wildman–Crippen MR) is 80.3 cm³/mol. The van der Waals surface area contributed by atoms with Crippen LogP contribution in [0.2, 0.25) is 0 Å². The van der Waals surface area contributed by atoms with Crippen LogP contribution in [0.4, 0.5) is 0 Å². The third-order valence-electron chi connectivity index (χ3n) is 4.17. The molecule has 3 heteroatoms. The fourth-order valence-corrected chi connectivity index (χ4v) is 2.63. The highest BCUT2D eigenvalue weighted by atomic mass is 16.5. The van der Waals surface area contributed by atoms with E-state index in [0.717, 1.165) is 32.5 Å². The van der Waals surface area contributed by atoms with E-state index in [1.807, 2.05) is 23.1 Å². The van der Waals surface area contributed by atoms with Gasteiger partial charge < -0.3 is 9.64 Å². The Bertz CT molecular complexity index is 412. The highest BCUT2D eigenvalue weighted by molar-refractivity contribution is 5.79. The van der Waals surface area contributed by atoms with Gasteiger partial charge in [0.1, 0.15) is 0 Å². The van der Waals surface area contributed by atoms with Crippen molar-refractivity contribution in [2.24, 2.45) is 5.92 Å². The first-order chi connectivity index (χ1) is 9.72. The molecule has 1 heterocycles. The van der Waals surface area contributed by atoms with Crippen LogP contribution in [0.1, 0.15) is 38.7 Å². The lowest BCUT2D eigenvalue weighted by Gasteiger charge is -2.33. The predicted octanol–water partition coefficient (Wildman–Crippen LogP) is 3.24. The Balaban J connectivity index is 2.08. The first-order valence-electron chi connectivity index (χ1n) is 7.64. The van der Waals surface area contributed by atoms with Gasteiger partial charge in [0.15, 0.2) is 0 Å². The van der Waals surface area contributed by atoms with Gasteiger partial charge in [0.05, 0.1) is 0 Å². The second-order valence-electron chi connectivity index (χ2n) is 5.60. The lowest BCUT2D eigenvalue weighted by atomic mass is 9.97. The largest absolute Gasteiger partial charge is 0.381 e. The highest BCUT2D eigenvalue weighted by Crippen LogP contribution is 2.21. The molecule has 20 heavy (non-hydrogen) atoms. The van der Waals surface area contributed by atoms with Gasteiger partial charge >= 0.3 is 0 Å². The lowest BCUT2D eigenvalue weighted by molar-refractivity contribution is -0.141. The first kappa shape index (κ1) is 15.0. The van der Waals surface area contributed by atoms with Crippen LogP contribution in [0.3, 0.4) is 0 Å². The number of nitrogens with zero attached hydrogens (tertiary/aromatic N) is 1. The molecular weight excluding hydrogens is 250 g/mol. The molecule has 0 saturated carbocycles. The van der Waals surface area contributed by atoms with Crippen LogP contribution in [0.5, 0.6) is 0 Å². The van der Waals surface area contributed by atoms with Crippen molar-refractivity contribution in [3.63, 3.8) is 0 Å². The average Bonchev–Trinajstić information content (AvgIpc) is 2.53. The van der Waals surface area contributed by atoms with Crippen molar-refractivity contribution in [3.8, 4) is 0 Å². The van der Waals surface area contributed by atoms with Crippen LogP contribution in [0.15, 0.2) is 30.3 Å². The zero-order valence-electron chi connectivity index (χ0n) is 12.5. The van der Waals surface area contributed by atoms with Crippen LogP contribution in [0, 0.1) is 5.92 Å². The molecule has 1 aliphatic heterocycles. The number of ether oxygens (including phenoxy) is 1. The molecule has 110 valence electrons. The van der Waals surface area contributed by atoms with Gasteiger partial charge in [-0.15, -0.1) is 0 Å². The summed E-state index contributed by atoms with van der Waals surface area (Å²) in [4.78, 5) is 14.8. The normalized spacial score (nSPS) is 17.7. The van der Waals surface area contributed by atoms with Crippen LogP contribution < -0.4 is 0 Å². The molecule has 1 saturated heterocycles. The van der Waals surface area contributed by atoms with Crippen molar-refractivity contribution in [1.29, 1.82) is 0 Å². The van der Waals surface area contributed by atoms with Crippen molar-refractivity contribution in [3.05, 3.63) is 35.9 Å². The van der Waals surface area contributed by atoms with E-state index in [2.05, 4.69) is 26.0 Å². The molecule has 1 aromatic carbocycles. The number of carbonyl (C=O) groups is 1. The molecule has 1 amide bonds. The Morgan fingerprint density at radius 1 is 1.30 bits per heavy atom. The minimum absolute atomic E-state index is 0.140. The van der Waals surface area contributed by atoms with Gasteiger partial charge in [0.2, 0.25) is 5.91 Å². The zero-order chi connectivity index (χ0) is 14.4. The van der Waals surface area contributed by atoms with Gasteiger partial charge in [-0.3, -0.25) is 4.79 Å². The Labute approximate surface area is 121 Å². The average molecular weight is 275 g/mol. The van der Waals surface area contributed by atoms with E-state index < -0.39 is 0 Å². The van der Waals surface area contributed by atoms with E-state index in [0.29, 0.717) is 12.5 Å². The van der Waals surface area contributed by atoms with Crippen molar-refractivity contribution < 1.29 is 9.53 Å². The zero-order valence-corrected chi connectivity index (χ0v) is 12.5. The number of benzene rings is 1. The molecular formula is C17H25NO2. The summed E-state index contributed by atoms with van der Waals surface area (Å²) in [7, 11) is 0. The number of hydrogen-bond donors (Lipinski definition) is 0. The third-order valence-corrected chi connectivity index (χ3v) is 4.17. The second-order valence-corrected chi connectivity index (χ2v) is 5.60. The Hall–Kier alpha value is -1.35. The maximum atomic E-state index is 12.8. The maximum absolute atomic E-state index is 12.8. The molecule has 0 aliphatic carbocycles. The van der Waals surface area contributed by atoms with E-state index >= 15 is 0 Å². The first-order valence-corrected chi connectivity index (χ1v) is 7.64. The second kappa shape index (κ2) is 7.44.